The third kappa shape index (κ3) is 3.88. The smallest absolute Gasteiger partial charge is 0.373 e. The van der Waals surface area contributed by atoms with E-state index in [-0.39, 0.29) is 0 Å². The van der Waals surface area contributed by atoms with Gasteiger partial charge in [0.1, 0.15) is 0 Å². The van der Waals surface area contributed by atoms with Crippen LogP contribution in [0.15, 0.2) is 18.2 Å². The Hall–Kier alpha value is -1.23. The summed E-state index contributed by atoms with van der Waals surface area (Å²) < 4.78 is 38.4. The van der Waals surface area contributed by atoms with Crippen molar-refractivity contribution >= 4 is 5.69 Å². The maximum absolute atomic E-state index is 12.8. The van der Waals surface area contributed by atoms with E-state index in [9.17, 15) is 13.2 Å². The number of rotatable bonds is 4. The SMILES string of the molecule is Cc1cc(N(C)CCN2CCCC2)cc(C(F)(F)F)c1. The number of hydrogen-bond acceptors (Lipinski definition) is 2. The fraction of sp³-hybridized carbons (Fsp3) is 0.600. The Kier molecular flexibility index (Phi) is 4.58. The zero-order valence-electron chi connectivity index (χ0n) is 12.0. The van der Waals surface area contributed by atoms with Gasteiger partial charge in [0.25, 0.3) is 0 Å². The Morgan fingerprint density at radius 1 is 1.15 bits per heavy atom. The molecule has 1 aliphatic heterocycles. The fourth-order valence-corrected chi connectivity index (χ4v) is 2.57. The number of anilines is 1. The highest BCUT2D eigenvalue weighted by molar-refractivity contribution is 5.51. The predicted molar refractivity (Wildman–Crippen MR) is 75.1 cm³/mol. The summed E-state index contributed by atoms with van der Waals surface area (Å²) in [6.07, 6.45) is -1.82. The highest BCUT2D eigenvalue weighted by Crippen LogP contribution is 2.32. The average molecular weight is 286 g/mol. The molecule has 0 unspecified atom stereocenters. The lowest BCUT2D eigenvalue weighted by Gasteiger charge is -2.24. The molecule has 1 heterocycles. The van der Waals surface area contributed by atoms with Crippen LogP contribution in [0.5, 0.6) is 0 Å². The molecule has 5 heteroatoms. The van der Waals surface area contributed by atoms with E-state index in [4.69, 9.17) is 0 Å². The largest absolute Gasteiger partial charge is 0.416 e. The highest BCUT2D eigenvalue weighted by Gasteiger charge is 2.31. The number of nitrogens with zero attached hydrogens (tertiary/aromatic N) is 2. The summed E-state index contributed by atoms with van der Waals surface area (Å²) in [4.78, 5) is 4.26. The molecule has 0 spiro atoms. The minimum atomic E-state index is -4.28. The lowest BCUT2D eigenvalue weighted by molar-refractivity contribution is -0.137. The first-order chi connectivity index (χ1) is 9.36. The van der Waals surface area contributed by atoms with E-state index >= 15 is 0 Å². The van der Waals surface area contributed by atoms with Crippen molar-refractivity contribution in [3.8, 4) is 0 Å². The average Bonchev–Trinajstić information content (AvgIpc) is 2.87. The summed E-state index contributed by atoms with van der Waals surface area (Å²) in [5.41, 5.74) is 0.708. The van der Waals surface area contributed by atoms with Crippen molar-refractivity contribution in [3.05, 3.63) is 29.3 Å². The minimum Gasteiger partial charge on any atom is -0.373 e. The summed E-state index contributed by atoms with van der Waals surface area (Å²) in [6, 6.07) is 4.23. The van der Waals surface area contributed by atoms with Crippen LogP contribution >= 0.6 is 0 Å². The molecule has 1 aromatic rings. The van der Waals surface area contributed by atoms with E-state index in [2.05, 4.69) is 4.90 Å². The van der Waals surface area contributed by atoms with Gasteiger partial charge in [-0.2, -0.15) is 13.2 Å². The first-order valence-corrected chi connectivity index (χ1v) is 6.98. The van der Waals surface area contributed by atoms with E-state index in [0.717, 1.165) is 26.2 Å². The van der Waals surface area contributed by atoms with Gasteiger partial charge in [0.2, 0.25) is 0 Å². The normalized spacial score (nSPS) is 16.6. The lowest BCUT2D eigenvalue weighted by atomic mass is 10.1. The number of halogens is 3. The second-order valence-corrected chi connectivity index (χ2v) is 5.53. The monoisotopic (exact) mass is 286 g/mol. The van der Waals surface area contributed by atoms with E-state index < -0.39 is 11.7 Å². The Bertz CT molecular complexity index is 451. The topological polar surface area (TPSA) is 6.48 Å². The van der Waals surface area contributed by atoms with Crippen LogP contribution in [0.2, 0.25) is 0 Å². The van der Waals surface area contributed by atoms with Gasteiger partial charge in [0, 0.05) is 25.8 Å². The molecular formula is C15H21F3N2. The number of alkyl halides is 3. The van der Waals surface area contributed by atoms with E-state index in [1.165, 1.54) is 25.0 Å². The number of aryl methyl sites for hydroxylation is 1. The quantitative estimate of drug-likeness (QED) is 0.835. The first-order valence-electron chi connectivity index (χ1n) is 6.98. The molecule has 2 nitrogen and oxygen atoms in total. The lowest BCUT2D eigenvalue weighted by Crippen LogP contribution is -2.31. The molecule has 1 aromatic carbocycles. The second kappa shape index (κ2) is 6.04. The van der Waals surface area contributed by atoms with Crippen molar-refractivity contribution in [2.24, 2.45) is 0 Å². The Balaban J connectivity index is 2.04. The van der Waals surface area contributed by atoms with Gasteiger partial charge in [-0.3, -0.25) is 0 Å². The molecule has 0 radical (unpaired) electrons. The van der Waals surface area contributed by atoms with Crippen molar-refractivity contribution < 1.29 is 13.2 Å². The van der Waals surface area contributed by atoms with E-state index in [0.29, 0.717) is 11.3 Å². The molecule has 0 atom stereocenters. The number of likely N-dealkylation sites (N-methyl/N-ethyl adjacent to an activating group) is 1. The predicted octanol–water partition coefficient (Wildman–Crippen LogP) is 3.55. The standard InChI is InChI=1S/C15H21F3N2/c1-12-9-13(15(16,17)18)11-14(10-12)19(2)7-8-20-5-3-4-6-20/h9-11H,3-8H2,1-2H3. The minimum absolute atomic E-state index is 0.569. The van der Waals surface area contributed by atoms with Crippen molar-refractivity contribution in [1.82, 2.24) is 4.90 Å². The van der Waals surface area contributed by atoms with Crippen molar-refractivity contribution in [2.45, 2.75) is 25.9 Å². The summed E-state index contributed by atoms with van der Waals surface area (Å²) in [5.74, 6) is 0. The van der Waals surface area contributed by atoms with Crippen LogP contribution in [0.1, 0.15) is 24.0 Å². The molecule has 0 bridgehead atoms. The molecule has 0 aromatic heterocycles. The second-order valence-electron chi connectivity index (χ2n) is 5.53. The van der Waals surface area contributed by atoms with Gasteiger partial charge in [-0.15, -0.1) is 0 Å². The summed E-state index contributed by atoms with van der Waals surface area (Å²) in [5, 5.41) is 0. The molecule has 0 amide bonds. The van der Waals surface area contributed by atoms with Gasteiger partial charge in [-0.05, 0) is 56.6 Å². The summed E-state index contributed by atoms with van der Waals surface area (Å²) >= 11 is 0. The maximum Gasteiger partial charge on any atom is 0.416 e. The van der Waals surface area contributed by atoms with Crippen LogP contribution in [-0.2, 0) is 6.18 Å². The number of likely N-dealkylation sites (tertiary alicyclic amines) is 1. The van der Waals surface area contributed by atoms with Gasteiger partial charge >= 0.3 is 6.18 Å². The van der Waals surface area contributed by atoms with Gasteiger partial charge in [0.15, 0.2) is 0 Å². The molecule has 1 saturated heterocycles. The van der Waals surface area contributed by atoms with Gasteiger partial charge in [-0.1, -0.05) is 0 Å². The Morgan fingerprint density at radius 3 is 2.40 bits per heavy atom. The maximum atomic E-state index is 12.8. The van der Waals surface area contributed by atoms with E-state index in [1.807, 2.05) is 11.9 Å². The molecule has 1 fully saturated rings. The molecule has 112 valence electrons. The molecule has 0 saturated carbocycles. The van der Waals surface area contributed by atoms with Crippen LogP contribution in [-0.4, -0.2) is 38.1 Å². The molecular weight excluding hydrogens is 265 g/mol. The Morgan fingerprint density at radius 2 is 1.80 bits per heavy atom. The molecule has 1 aliphatic rings. The first kappa shape index (κ1) is 15.2. The zero-order chi connectivity index (χ0) is 14.8. The number of benzene rings is 1. The van der Waals surface area contributed by atoms with Gasteiger partial charge in [0.05, 0.1) is 5.56 Å². The summed E-state index contributed by atoms with van der Waals surface area (Å²) in [6.45, 7) is 5.57. The van der Waals surface area contributed by atoms with Gasteiger partial charge < -0.3 is 9.80 Å². The zero-order valence-corrected chi connectivity index (χ0v) is 12.0. The summed E-state index contributed by atoms with van der Waals surface area (Å²) in [7, 11) is 1.85. The number of hydrogen-bond donors (Lipinski definition) is 0. The van der Waals surface area contributed by atoms with Crippen LogP contribution in [0.4, 0.5) is 18.9 Å². The third-order valence-electron chi connectivity index (χ3n) is 3.78. The third-order valence-corrected chi connectivity index (χ3v) is 3.78. The van der Waals surface area contributed by atoms with Crippen LogP contribution in [0, 0.1) is 6.92 Å². The van der Waals surface area contributed by atoms with E-state index in [1.54, 1.807) is 13.0 Å². The van der Waals surface area contributed by atoms with Crippen LogP contribution in [0.3, 0.4) is 0 Å². The molecule has 0 aliphatic carbocycles. The molecule has 20 heavy (non-hydrogen) atoms. The molecule has 2 rings (SSSR count). The van der Waals surface area contributed by atoms with Gasteiger partial charge in [-0.25, -0.2) is 0 Å². The fourth-order valence-electron chi connectivity index (χ4n) is 2.57. The van der Waals surface area contributed by atoms with Crippen LogP contribution in [0.25, 0.3) is 0 Å². The van der Waals surface area contributed by atoms with Crippen LogP contribution < -0.4 is 4.90 Å². The van der Waals surface area contributed by atoms with Crippen molar-refractivity contribution in [2.75, 3.05) is 38.1 Å². The Labute approximate surface area is 118 Å². The molecule has 0 N–H and O–H groups in total. The van der Waals surface area contributed by atoms with Crippen molar-refractivity contribution in [3.63, 3.8) is 0 Å². The van der Waals surface area contributed by atoms with Crippen molar-refractivity contribution in [1.29, 1.82) is 0 Å². The highest BCUT2D eigenvalue weighted by atomic mass is 19.4.